The molecule has 2 aliphatic rings. The van der Waals surface area contributed by atoms with Gasteiger partial charge in [-0.15, -0.1) is 0 Å². The molecule has 0 saturated heterocycles. The zero-order valence-corrected chi connectivity index (χ0v) is 6.77. The maximum atomic E-state index is 13.8. The Hall–Kier alpha value is -1.45. The molecule has 4 heteroatoms. The maximum Gasteiger partial charge on any atom is 0.195 e. The SMILES string of the molecule is O=Cc1cn2c(n1)C=CC1CC12F. The minimum Gasteiger partial charge on any atom is -0.297 e. The van der Waals surface area contributed by atoms with Gasteiger partial charge in [-0.05, 0) is 6.08 Å². The number of nitrogens with zero attached hydrogens (tertiary/aromatic N) is 2. The van der Waals surface area contributed by atoms with Crippen molar-refractivity contribution < 1.29 is 9.18 Å². The lowest BCUT2D eigenvalue weighted by Gasteiger charge is -2.13. The van der Waals surface area contributed by atoms with Gasteiger partial charge in [0.2, 0.25) is 0 Å². The Labute approximate surface area is 73.9 Å². The van der Waals surface area contributed by atoms with Crippen molar-refractivity contribution in [3.63, 3.8) is 0 Å². The zero-order valence-electron chi connectivity index (χ0n) is 6.77. The maximum absolute atomic E-state index is 13.8. The van der Waals surface area contributed by atoms with Gasteiger partial charge in [0.05, 0.1) is 0 Å². The minimum absolute atomic E-state index is 0.0197. The molecule has 66 valence electrons. The number of aldehydes is 1. The van der Waals surface area contributed by atoms with Crippen molar-refractivity contribution in [1.82, 2.24) is 9.55 Å². The van der Waals surface area contributed by atoms with Crippen molar-refractivity contribution in [2.45, 2.75) is 12.2 Å². The summed E-state index contributed by atoms with van der Waals surface area (Å²) in [4.78, 5) is 14.4. The number of hydrogen-bond donors (Lipinski definition) is 0. The van der Waals surface area contributed by atoms with Gasteiger partial charge in [-0.25, -0.2) is 9.37 Å². The largest absolute Gasteiger partial charge is 0.297 e. The van der Waals surface area contributed by atoms with Crippen LogP contribution < -0.4 is 0 Å². The molecule has 1 aliphatic heterocycles. The molecule has 2 heterocycles. The Morgan fingerprint density at radius 1 is 1.77 bits per heavy atom. The summed E-state index contributed by atoms with van der Waals surface area (Å²) < 4.78 is 15.3. The number of alkyl halides is 1. The van der Waals surface area contributed by atoms with Gasteiger partial charge >= 0.3 is 0 Å². The molecule has 1 fully saturated rings. The molecule has 1 aromatic rings. The Bertz CT molecular complexity index is 423. The summed E-state index contributed by atoms with van der Waals surface area (Å²) in [6, 6.07) is 0. The molecule has 3 nitrogen and oxygen atoms in total. The average molecular weight is 178 g/mol. The van der Waals surface area contributed by atoms with Gasteiger partial charge in [-0.2, -0.15) is 0 Å². The van der Waals surface area contributed by atoms with E-state index in [4.69, 9.17) is 0 Å². The van der Waals surface area contributed by atoms with Crippen LogP contribution in [0.15, 0.2) is 12.3 Å². The summed E-state index contributed by atoms with van der Waals surface area (Å²) in [6.07, 6.45) is 6.20. The lowest BCUT2D eigenvalue weighted by molar-refractivity contribution is 0.111. The van der Waals surface area contributed by atoms with Crippen LogP contribution in [0.1, 0.15) is 22.7 Å². The molecule has 1 aromatic heterocycles. The molecular formula is C9H7FN2O. The van der Waals surface area contributed by atoms with Crippen LogP contribution >= 0.6 is 0 Å². The molecule has 13 heavy (non-hydrogen) atoms. The Balaban J connectivity index is 2.21. The van der Waals surface area contributed by atoms with E-state index in [9.17, 15) is 9.18 Å². The molecule has 2 atom stereocenters. The van der Waals surface area contributed by atoms with Crippen molar-refractivity contribution in [3.05, 3.63) is 23.8 Å². The third-order valence-electron chi connectivity index (χ3n) is 2.66. The summed E-state index contributed by atoms with van der Waals surface area (Å²) >= 11 is 0. The molecule has 3 rings (SSSR count). The summed E-state index contributed by atoms with van der Waals surface area (Å²) in [5.41, 5.74) is 0.296. The van der Waals surface area contributed by atoms with E-state index in [2.05, 4.69) is 4.98 Å². The van der Waals surface area contributed by atoms with Crippen molar-refractivity contribution in [1.29, 1.82) is 0 Å². The van der Waals surface area contributed by atoms with Crippen molar-refractivity contribution in [3.8, 4) is 0 Å². The minimum atomic E-state index is -1.29. The van der Waals surface area contributed by atoms with Gasteiger partial charge in [0, 0.05) is 18.5 Å². The predicted molar refractivity (Wildman–Crippen MR) is 43.8 cm³/mol. The first kappa shape index (κ1) is 7.00. The number of imidazole rings is 1. The van der Waals surface area contributed by atoms with Crippen LogP contribution in [0.5, 0.6) is 0 Å². The second-order valence-corrected chi connectivity index (χ2v) is 3.50. The number of carbonyl (C=O) groups is 1. The molecule has 0 N–H and O–H groups in total. The van der Waals surface area contributed by atoms with Gasteiger partial charge < -0.3 is 0 Å². The van der Waals surface area contributed by atoms with Crippen LogP contribution in [0.3, 0.4) is 0 Å². The predicted octanol–water partition coefficient (Wildman–Crippen LogP) is 1.36. The molecule has 0 spiro atoms. The number of allylic oxidation sites excluding steroid dienone is 1. The van der Waals surface area contributed by atoms with E-state index in [1.807, 2.05) is 6.08 Å². The van der Waals surface area contributed by atoms with E-state index in [1.165, 1.54) is 10.8 Å². The number of rotatable bonds is 1. The van der Waals surface area contributed by atoms with Gasteiger partial charge in [0.25, 0.3) is 0 Å². The second kappa shape index (κ2) is 1.89. The average Bonchev–Trinajstić information content (AvgIpc) is 2.62. The number of hydrogen-bond acceptors (Lipinski definition) is 2. The third-order valence-corrected chi connectivity index (χ3v) is 2.66. The van der Waals surface area contributed by atoms with Crippen LogP contribution in [0.4, 0.5) is 4.39 Å². The highest BCUT2D eigenvalue weighted by Gasteiger charge is 2.58. The third kappa shape index (κ3) is 0.728. The first-order valence-electron chi connectivity index (χ1n) is 4.16. The fourth-order valence-corrected chi connectivity index (χ4v) is 1.83. The lowest BCUT2D eigenvalue weighted by atomic mass is 10.3. The quantitative estimate of drug-likeness (QED) is 0.608. The molecule has 1 saturated carbocycles. The van der Waals surface area contributed by atoms with E-state index in [1.54, 1.807) is 6.08 Å². The van der Waals surface area contributed by atoms with Crippen LogP contribution in [0, 0.1) is 5.92 Å². The Morgan fingerprint density at radius 2 is 2.62 bits per heavy atom. The highest BCUT2D eigenvalue weighted by molar-refractivity contribution is 5.72. The number of carbonyl (C=O) groups excluding carboxylic acids is 1. The molecule has 2 unspecified atom stereocenters. The Kier molecular flexibility index (Phi) is 1.02. The van der Waals surface area contributed by atoms with Gasteiger partial charge in [0.1, 0.15) is 11.5 Å². The van der Waals surface area contributed by atoms with E-state index in [-0.39, 0.29) is 5.92 Å². The van der Waals surface area contributed by atoms with Gasteiger partial charge in [0.15, 0.2) is 12.1 Å². The summed E-state index contributed by atoms with van der Waals surface area (Å²) in [6.45, 7) is 0. The highest BCUT2D eigenvalue weighted by atomic mass is 19.1. The van der Waals surface area contributed by atoms with Crippen LogP contribution in [-0.4, -0.2) is 15.8 Å². The smallest absolute Gasteiger partial charge is 0.195 e. The summed E-state index contributed by atoms with van der Waals surface area (Å²) in [5, 5.41) is 0. The van der Waals surface area contributed by atoms with Crippen molar-refractivity contribution in [2.75, 3.05) is 0 Å². The van der Waals surface area contributed by atoms with Gasteiger partial charge in [-0.1, -0.05) is 6.08 Å². The summed E-state index contributed by atoms with van der Waals surface area (Å²) in [5.74, 6) is -0.773. The number of fused-ring (bicyclic) bond motifs is 3. The van der Waals surface area contributed by atoms with Crippen LogP contribution in [0.2, 0.25) is 0 Å². The monoisotopic (exact) mass is 178 g/mol. The number of aromatic nitrogens is 2. The molecule has 0 bridgehead atoms. The highest BCUT2D eigenvalue weighted by Crippen LogP contribution is 2.55. The van der Waals surface area contributed by atoms with E-state index in [0.717, 1.165) is 0 Å². The van der Waals surface area contributed by atoms with E-state index in [0.29, 0.717) is 24.2 Å². The van der Waals surface area contributed by atoms with Crippen molar-refractivity contribution in [2.24, 2.45) is 5.92 Å². The second-order valence-electron chi connectivity index (χ2n) is 3.50. The standard InChI is InChI=1S/C9H7FN2O/c10-9-3-6(9)1-2-8-11-7(5-13)4-12(8)9/h1-2,4-6H,3H2. The molecule has 1 aliphatic carbocycles. The molecule has 0 radical (unpaired) electrons. The molecular weight excluding hydrogens is 171 g/mol. The van der Waals surface area contributed by atoms with Crippen LogP contribution in [-0.2, 0) is 5.79 Å². The van der Waals surface area contributed by atoms with Gasteiger partial charge in [-0.3, -0.25) is 9.36 Å². The normalized spacial score (nSPS) is 33.8. The zero-order chi connectivity index (χ0) is 9.05. The van der Waals surface area contributed by atoms with Crippen LogP contribution in [0.25, 0.3) is 6.08 Å². The van der Waals surface area contributed by atoms with E-state index < -0.39 is 5.79 Å². The topological polar surface area (TPSA) is 34.9 Å². The number of halogens is 1. The first-order chi connectivity index (χ1) is 6.24. The van der Waals surface area contributed by atoms with Crippen molar-refractivity contribution >= 4 is 12.4 Å². The molecule has 0 amide bonds. The van der Waals surface area contributed by atoms with E-state index >= 15 is 0 Å². The summed E-state index contributed by atoms with van der Waals surface area (Å²) in [7, 11) is 0. The fraction of sp³-hybridized carbons (Fsp3) is 0.333. The fourth-order valence-electron chi connectivity index (χ4n) is 1.83. The Morgan fingerprint density at radius 3 is 3.38 bits per heavy atom. The first-order valence-corrected chi connectivity index (χ1v) is 4.16. The molecule has 0 aromatic carbocycles. The lowest BCUT2D eigenvalue weighted by Crippen LogP contribution is -2.16.